The number of amides is 2. The van der Waals surface area contributed by atoms with Crippen LogP contribution in [0.15, 0.2) is 64.5 Å². The minimum absolute atomic E-state index is 0.0135. The molecule has 2 saturated heterocycles. The highest BCUT2D eigenvalue weighted by molar-refractivity contribution is 9.10. The summed E-state index contributed by atoms with van der Waals surface area (Å²) in [5.41, 5.74) is 1.52. The molecule has 2 heterocycles. The van der Waals surface area contributed by atoms with Gasteiger partial charge in [0, 0.05) is 35.4 Å². The summed E-state index contributed by atoms with van der Waals surface area (Å²) in [4.78, 5) is 29.9. The van der Waals surface area contributed by atoms with E-state index in [4.69, 9.17) is 11.6 Å². The Labute approximate surface area is 219 Å². The van der Waals surface area contributed by atoms with Crippen LogP contribution >= 0.6 is 27.5 Å². The van der Waals surface area contributed by atoms with Gasteiger partial charge in [-0.2, -0.15) is 4.31 Å². The van der Waals surface area contributed by atoms with E-state index in [0.29, 0.717) is 17.0 Å². The fourth-order valence-corrected chi connectivity index (χ4v) is 7.18. The summed E-state index contributed by atoms with van der Waals surface area (Å²) in [7, 11) is -3.94. The summed E-state index contributed by atoms with van der Waals surface area (Å²) >= 11 is 9.43. The summed E-state index contributed by atoms with van der Waals surface area (Å²) in [5.74, 6) is -0.444. The molecular weight excluding hydrogens is 554 g/mol. The first-order valence-electron chi connectivity index (χ1n) is 11.4. The second-order valence-corrected chi connectivity index (χ2v) is 11.8. The van der Waals surface area contributed by atoms with Crippen molar-refractivity contribution in [1.82, 2.24) is 14.1 Å². The molecule has 2 atom stereocenters. The van der Waals surface area contributed by atoms with Crippen molar-refractivity contribution in [3.63, 3.8) is 0 Å². The van der Waals surface area contributed by atoms with Crippen LogP contribution in [0.25, 0.3) is 0 Å². The summed E-state index contributed by atoms with van der Waals surface area (Å²) in [5, 5.41) is 0.572. The lowest BCUT2D eigenvalue weighted by molar-refractivity contribution is -0.164. The number of piperazine rings is 1. The van der Waals surface area contributed by atoms with Crippen LogP contribution in [0.4, 0.5) is 0 Å². The van der Waals surface area contributed by atoms with Crippen molar-refractivity contribution >= 4 is 49.4 Å². The van der Waals surface area contributed by atoms with Crippen molar-refractivity contribution in [3.8, 4) is 0 Å². The first kappa shape index (κ1) is 25.9. The second-order valence-electron chi connectivity index (χ2n) is 8.63. The predicted molar refractivity (Wildman–Crippen MR) is 138 cm³/mol. The minimum atomic E-state index is -3.94. The van der Waals surface area contributed by atoms with Gasteiger partial charge in [0.25, 0.3) is 0 Å². The molecule has 0 spiro atoms. The lowest BCUT2D eigenvalue weighted by atomic mass is 9.98. The van der Waals surface area contributed by atoms with Gasteiger partial charge in [-0.05, 0) is 47.9 Å². The van der Waals surface area contributed by atoms with Gasteiger partial charge in [-0.3, -0.25) is 9.59 Å². The van der Waals surface area contributed by atoms with E-state index in [2.05, 4.69) is 22.5 Å². The topological polar surface area (TPSA) is 78.0 Å². The number of nitrogens with zero attached hydrogens (tertiary/aromatic N) is 3. The third kappa shape index (κ3) is 5.05. The molecule has 0 aliphatic carbocycles. The van der Waals surface area contributed by atoms with E-state index in [1.54, 1.807) is 41.3 Å². The predicted octanol–water partition coefficient (Wildman–Crippen LogP) is 3.85. The van der Waals surface area contributed by atoms with Crippen molar-refractivity contribution in [2.75, 3.05) is 19.6 Å². The maximum Gasteiger partial charge on any atom is 0.246 e. The van der Waals surface area contributed by atoms with E-state index in [1.807, 2.05) is 19.1 Å². The maximum atomic E-state index is 13.9. The van der Waals surface area contributed by atoms with Crippen molar-refractivity contribution in [3.05, 3.63) is 75.7 Å². The molecule has 2 unspecified atom stereocenters. The number of hydrogen-bond acceptors (Lipinski definition) is 4. The van der Waals surface area contributed by atoms with Gasteiger partial charge >= 0.3 is 0 Å². The summed E-state index contributed by atoms with van der Waals surface area (Å²) < 4.78 is 30.0. The van der Waals surface area contributed by atoms with Crippen LogP contribution in [0.5, 0.6) is 0 Å². The summed E-state index contributed by atoms with van der Waals surface area (Å²) in [6.45, 7) is 6.06. The number of sulfonamides is 1. The van der Waals surface area contributed by atoms with Crippen LogP contribution in [0.2, 0.25) is 5.02 Å². The number of rotatable bonds is 7. The number of halogens is 2. The van der Waals surface area contributed by atoms with Crippen LogP contribution < -0.4 is 0 Å². The van der Waals surface area contributed by atoms with Gasteiger partial charge in [-0.1, -0.05) is 52.7 Å². The average molecular weight is 581 g/mol. The first-order chi connectivity index (χ1) is 16.7. The molecule has 2 aromatic rings. The fourth-order valence-electron chi connectivity index (χ4n) is 4.80. The molecule has 0 aromatic heterocycles. The SMILES string of the molecule is C=CCN1CC2N(C(=O)CCN2S(=O)(=O)c2ccc(Br)cc2CC)C(Cc2ccc(Cl)cc2)C1=O. The molecule has 4 rings (SSSR count). The highest BCUT2D eigenvalue weighted by Crippen LogP contribution is 2.33. The number of hydrogen-bond donors (Lipinski definition) is 0. The number of carbonyl (C=O) groups excluding carboxylic acids is 2. The van der Waals surface area contributed by atoms with Crippen molar-refractivity contribution in [2.24, 2.45) is 0 Å². The molecule has 2 fully saturated rings. The van der Waals surface area contributed by atoms with Crippen LogP contribution in [0, 0.1) is 0 Å². The van der Waals surface area contributed by atoms with E-state index >= 15 is 0 Å². The largest absolute Gasteiger partial charge is 0.334 e. The Balaban J connectivity index is 1.76. The van der Waals surface area contributed by atoms with Crippen LogP contribution in [0.1, 0.15) is 24.5 Å². The van der Waals surface area contributed by atoms with E-state index < -0.39 is 22.2 Å². The lowest BCUT2D eigenvalue weighted by Gasteiger charge is -2.51. The molecule has 0 N–H and O–H groups in total. The van der Waals surface area contributed by atoms with Gasteiger partial charge in [0.1, 0.15) is 12.2 Å². The molecule has 35 heavy (non-hydrogen) atoms. The number of carbonyl (C=O) groups is 2. The minimum Gasteiger partial charge on any atom is -0.334 e. The van der Waals surface area contributed by atoms with Crippen LogP contribution in [-0.4, -0.2) is 66.2 Å². The Morgan fingerprint density at radius 3 is 2.54 bits per heavy atom. The molecule has 10 heteroatoms. The average Bonchev–Trinajstić information content (AvgIpc) is 2.82. The van der Waals surface area contributed by atoms with Gasteiger partial charge < -0.3 is 9.80 Å². The standard InChI is InChI=1S/C25H27BrClN3O4S/c1-3-12-28-16-23-29(35(33,34)22-10-7-19(26)15-18(22)4-2)13-11-24(31)30(23)21(25(28)32)14-17-5-8-20(27)9-6-17/h3,5-10,15,21,23H,1,4,11-14,16H2,2H3. The molecule has 2 aromatic carbocycles. The highest BCUT2D eigenvalue weighted by atomic mass is 79.9. The lowest BCUT2D eigenvalue weighted by Crippen LogP contribution is -2.71. The maximum absolute atomic E-state index is 13.9. The number of fused-ring (bicyclic) bond motifs is 1. The van der Waals surface area contributed by atoms with Gasteiger partial charge in [-0.25, -0.2) is 8.42 Å². The Hall–Kier alpha value is -2.20. The fraction of sp³-hybridized carbons (Fsp3) is 0.360. The Kier molecular flexibility index (Phi) is 7.71. The molecular formula is C25H27BrClN3O4S. The van der Waals surface area contributed by atoms with Crippen molar-refractivity contribution < 1.29 is 18.0 Å². The van der Waals surface area contributed by atoms with Gasteiger partial charge in [-0.15, -0.1) is 6.58 Å². The smallest absolute Gasteiger partial charge is 0.246 e. The molecule has 0 saturated carbocycles. The molecule has 0 radical (unpaired) electrons. The highest BCUT2D eigenvalue weighted by Gasteiger charge is 2.50. The molecule has 0 bridgehead atoms. The Morgan fingerprint density at radius 1 is 1.17 bits per heavy atom. The number of aryl methyl sites for hydroxylation is 1. The molecule has 7 nitrogen and oxygen atoms in total. The molecule has 186 valence electrons. The monoisotopic (exact) mass is 579 g/mol. The molecule has 2 aliphatic rings. The normalized spacial score (nSPS) is 21.2. The first-order valence-corrected chi connectivity index (χ1v) is 14.0. The molecule has 2 aliphatic heterocycles. The van der Waals surface area contributed by atoms with Crippen LogP contribution in [-0.2, 0) is 32.5 Å². The zero-order valence-electron chi connectivity index (χ0n) is 19.4. The number of benzene rings is 2. The third-order valence-corrected chi connectivity index (χ3v) is 9.23. The van der Waals surface area contributed by atoms with Crippen molar-refractivity contribution in [1.29, 1.82) is 0 Å². The third-order valence-electron chi connectivity index (χ3n) is 6.49. The van der Waals surface area contributed by atoms with Gasteiger partial charge in [0.05, 0.1) is 11.4 Å². The van der Waals surface area contributed by atoms with Crippen molar-refractivity contribution in [2.45, 2.75) is 43.3 Å². The Bertz CT molecular complexity index is 1250. The summed E-state index contributed by atoms with van der Waals surface area (Å²) in [6, 6.07) is 11.4. The summed E-state index contributed by atoms with van der Waals surface area (Å²) in [6.07, 6.45) is 1.62. The van der Waals surface area contributed by atoms with E-state index in [9.17, 15) is 18.0 Å². The molecule has 2 amide bonds. The zero-order chi connectivity index (χ0) is 25.3. The Morgan fingerprint density at radius 2 is 1.89 bits per heavy atom. The van der Waals surface area contributed by atoms with E-state index in [-0.39, 0.29) is 49.2 Å². The van der Waals surface area contributed by atoms with Crippen LogP contribution in [0.3, 0.4) is 0 Å². The quantitative estimate of drug-likeness (QED) is 0.466. The van der Waals surface area contributed by atoms with Gasteiger partial charge in [0.2, 0.25) is 21.8 Å². The zero-order valence-corrected chi connectivity index (χ0v) is 22.5. The van der Waals surface area contributed by atoms with E-state index in [0.717, 1.165) is 10.0 Å². The van der Waals surface area contributed by atoms with Gasteiger partial charge in [0.15, 0.2) is 0 Å². The second kappa shape index (κ2) is 10.4. The van der Waals surface area contributed by atoms with E-state index in [1.165, 1.54) is 9.21 Å².